The topological polar surface area (TPSA) is 35.5 Å². The molecule has 1 fully saturated rings. The van der Waals surface area contributed by atoms with Crippen LogP contribution in [0, 0.1) is 0 Å². The van der Waals surface area contributed by atoms with E-state index in [0.29, 0.717) is 5.75 Å². The van der Waals surface area contributed by atoms with Crippen molar-refractivity contribution in [2.45, 2.75) is 32.2 Å². The first kappa shape index (κ1) is 13.4. The summed E-state index contributed by atoms with van der Waals surface area (Å²) in [5.41, 5.74) is 1.14. The molecule has 0 spiro atoms. The van der Waals surface area contributed by atoms with Crippen molar-refractivity contribution in [1.82, 2.24) is 10.2 Å². The highest BCUT2D eigenvalue weighted by atomic mass is 16.3. The minimum absolute atomic E-state index is 0.349. The number of nitrogens with one attached hydrogen (secondary N) is 1. The molecular formula is C15H24N2O. The normalized spacial score (nSPS) is 17.6. The zero-order valence-electron chi connectivity index (χ0n) is 11.1. The molecule has 3 nitrogen and oxygen atoms in total. The smallest absolute Gasteiger partial charge is 0.115 e. The molecule has 3 heteroatoms. The molecule has 0 amide bonds. The Kier molecular flexibility index (Phi) is 5.49. The van der Waals surface area contributed by atoms with Gasteiger partial charge in [0.15, 0.2) is 0 Å². The summed E-state index contributed by atoms with van der Waals surface area (Å²) in [7, 11) is 0. The molecule has 100 valence electrons. The molecule has 0 saturated carbocycles. The van der Waals surface area contributed by atoms with Gasteiger partial charge in [-0.25, -0.2) is 0 Å². The van der Waals surface area contributed by atoms with E-state index in [1.807, 2.05) is 18.2 Å². The Morgan fingerprint density at radius 1 is 1.11 bits per heavy atom. The van der Waals surface area contributed by atoms with Crippen LogP contribution in [0.5, 0.6) is 5.75 Å². The van der Waals surface area contributed by atoms with Gasteiger partial charge in [0.05, 0.1) is 0 Å². The average molecular weight is 248 g/mol. The Hall–Kier alpha value is -1.06. The van der Waals surface area contributed by atoms with E-state index in [0.717, 1.165) is 25.2 Å². The van der Waals surface area contributed by atoms with E-state index < -0.39 is 0 Å². The van der Waals surface area contributed by atoms with Gasteiger partial charge in [0.1, 0.15) is 5.75 Å². The van der Waals surface area contributed by atoms with E-state index in [1.54, 1.807) is 6.07 Å². The van der Waals surface area contributed by atoms with Gasteiger partial charge in [-0.15, -0.1) is 0 Å². The third-order valence-electron chi connectivity index (χ3n) is 3.54. The number of hydrogen-bond acceptors (Lipinski definition) is 3. The predicted octanol–water partition coefficient (Wildman–Crippen LogP) is 2.36. The van der Waals surface area contributed by atoms with Gasteiger partial charge in [0, 0.05) is 19.6 Å². The maximum Gasteiger partial charge on any atom is 0.115 e. The highest BCUT2D eigenvalue weighted by molar-refractivity contribution is 5.26. The van der Waals surface area contributed by atoms with E-state index in [-0.39, 0.29) is 0 Å². The third kappa shape index (κ3) is 4.67. The molecule has 0 radical (unpaired) electrons. The van der Waals surface area contributed by atoms with Crippen LogP contribution in [-0.2, 0) is 6.54 Å². The number of rotatable bonds is 5. The lowest BCUT2D eigenvalue weighted by Crippen LogP contribution is -2.32. The van der Waals surface area contributed by atoms with Crippen LogP contribution in [0.1, 0.15) is 31.2 Å². The Balaban J connectivity index is 1.63. The fourth-order valence-corrected chi connectivity index (χ4v) is 2.50. The Morgan fingerprint density at radius 3 is 2.61 bits per heavy atom. The standard InChI is InChI=1S/C15H24N2O/c18-15-7-5-6-14(12-15)13-16-8-11-17-9-3-1-2-4-10-17/h5-7,12,16,18H,1-4,8-11,13H2. The fourth-order valence-electron chi connectivity index (χ4n) is 2.50. The summed E-state index contributed by atoms with van der Waals surface area (Å²) in [5.74, 6) is 0.349. The maximum atomic E-state index is 9.37. The van der Waals surface area contributed by atoms with Crippen LogP contribution >= 0.6 is 0 Å². The van der Waals surface area contributed by atoms with Gasteiger partial charge in [0.25, 0.3) is 0 Å². The molecule has 0 bridgehead atoms. The van der Waals surface area contributed by atoms with Crippen LogP contribution < -0.4 is 5.32 Å². The quantitative estimate of drug-likeness (QED) is 0.785. The number of hydrogen-bond donors (Lipinski definition) is 2. The number of likely N-dealkylation sites (tertiary alicyclic amines) is 1. The first-order valence-corrected chi connectivity index (χ1v) is 7.05. The highest BCUT2D eigenvalue weighted by Gasteiger charge is 2.07. The van der Waals surface area contributed by atoms with Crippen molar-refractivity contribution in [2.75, 3.05) is 26.2 Å². The SMILES string of the molecule is Oc1cccc(CNCCN2CCCCCC2)c1. The molecule has 1 saturated heterocycles. The number of phenolic OH excluding ortho intramolecular Hbond substituents is 1. The number of benzene rings is 1. The van der Waals surface area contributed by atoms with E-state index in [4.69, 9.17) is 0 Å². The molecule has 1 aliphatic rings. The minimum Gasteiger partial charge on any atom is -0.508 e. The van der Waals surface area contributed by atoms with Crippen molar-refractivity contribution in [3.8, 4) is 5.75 Å². The van der Waals surface area contributed by atoms with Gasteiger partial charge in [-0.05, 0) is 43.6 Å². The van der Waals surface area contributed by atoms with Gasteiger partial charge in [0.2, 0.25) is 0 Å². The monoisotopic (exact) mass is 248 g/mol. The number of nitrogens with zero attached hydrogens (tertiary/aromatic N) is 1. The zero-order chi connectivity index (χ0) is 12.6. The maximum absolute atomic E-state index is 9.37. The molecule has 1 aromatic carbocycles. The van der Waals surface area contributed by atoms with E-state index >= 15 is 0 Å². The van der Waals surface area contributed by atoms with Crippen molar-refractivity contribution in [3.63, 3.8) is 0 Å². The van der Waals surface area contributed by atoms with E-state index in [1.165, 1.54) is 38.8 Å². The summed E-state index contributed by atoms with van der Waals surface area (Å²) in [5, 5.41) is 12.8. The lowest BCUT2D eigenvalue weighted by molar-refractivity contribution is 0.284. The lowest BCUT2D eigenvalue weighted by atomic mass is 10.2. The van der Waals surface area contributed by atoms with Crippen molar-refractivity contribution >= 4 is 0 Å². The minimum atomic E-state index is 0.349. The molecule has 0 aliphatic carbocycles. The van der Waals surface area contributed by atoms with Crippen molar-refractivity contribution in [2.24, 2.45) is 0 Å². The fraction of sp³-hybridized carbons (Fsp3) is 0.600. The second kappa shape index (κ2) is 7.39. The molecule has 18 heavy (non-hydrogen) atoms. The Morgan fingerprint density at radius 2 is 1.89 bits per heavy atom. The van der Waals surface area contributed by atoms with Gasteiger partial charge in [-0.2, -0.15) is 0 Å². The van der Waals surface area contributed by atoms with Crippen LogP contribution in [0.2, 0.25) is 0 Å². The molecular weight excluding hydrogens is 224 g/mol. The summed E-state index contributed by atoms with van der Waals surface area (Å²) >= 11 is 0. The lowest BCUT2D eigenvalue weighted by Gasteiger charge is -2.19. The van der Waals surface area contributed by atoms with Crippen LogP contribution in [0.3, 0.4) is 0 Å². The largest absolute Gasteiger partial charge is 0.508 e. The number of phenols is 1. The molecule has 0 unspecified atom stereocenters. The zero-order valence-corrected chi connectivity index (χ0v) is 11.1. The molecule has 1 aliphatic heterocycles. The molecule has 0 atom stereocenters. The van der Waals surface area contributed by atoms with E-state index in [2.05, 4.69) is 10.2 Å². The van der Waals surface area contributed by atoms with Crippen molar-refractivity contribution in [1.29, 1.82) is 0 Å². The second-order valence-electron chi connectivity index (χ2n) is 5.10. The molecule has 1 heterocycles. The summed E-state index contributed by atoms with van der Waals surface area (Å²) in [4.78, 5) is 2.56. The van der Waals surface area contributed by atoms with Crippen LogP contribution in [0.25, 0.3) is 0 Å². The van der Waals surface area contributed by atoms with Crippen molar-refractivity contribution < 1.29 is 5.11 Å². The highest BCUT2D eigenvalue weighted by Crippen LogP contribution is 2.11. The predicted molar refractivity (Wildman–Crippen MR) is 74.7 cm³/mol. The van der Waals surface area contributed by atoms with Crippen LogP contribution in [0.15, 0.2) is 24.3 Å². The summed E-state index contributed by atoms with van der Waals surface area (Å²) in [6.07, 6.45) is 5.50. The summed E-state index contributed by atoms with van der Waals surface area (Å²) < 4.78 is 0. The molecule has 0 aromatic heterocycles. The third-order valence-corrected chi connectivity index (χ3v) is 3.54. The summed E-state index contributed by atoms with van der Waals surface area (Å²) in [6, 6.07) is 7.46. The van der Waals surface area contributed by atoms with Crippen LogP contribution in [0.4, 0.5) is 0 Å². The Bertz CT molecular complexity index is 346. The second-order valence-corrected chi connectivity index (χ2v) is 5.10. The molecule has 2 rings (SSSR count). The summed E-state index contributed by atoms with van der Waals surface area (Å²) in [6.45, 7) is 5.51. The van der Waals surface area contributed by atoms with Crippen molar-refractivity contribution in [3.05, 3.63) is 29.8 Å². The average Bonchev–Trinajstić information content (AvgIpc) is 2.63. The Labute approximate surface area is 110 Å². The van der Waals surface area contributed by atoms with Gasteiger partial charge in [-0.3, -0.25) is 0 Å². The van der Waals surface area contributed by atoms with Gasteiger partial charge >= 0.3 is 0 Å². The first-order chi connectivity index (χ1) is 8.84. The first-order valence-electron chi connectivity index (χ1n) is 7.05. The van der Waals surface area contributed by atoms with Crippen LogP contribution in [-0.4, -0.2) is 36.2 Å². The van der Waals surface area contributed by atoms with E-state index in [9.17, 15) is 5.11 Å². The molecule has 2 N–H and O–H groups in total. The van der Waals surface area contributed by atoms with Gasteiger partial charge < -0.3 is 15.3 Å². The molecule has 1 aromatic rings. The van der Waals surface area contributed by atoms with Gasteiger partial charge in [-0.1, -0.05) is 25.0 Å². The number of aromatic hydroxyl groups is 1.